The molecule has 0 aliphatic carbocycles. The molecule has 1 aromatic heterocycles. The summed E-state index contributed by atoms with van der Waals surface area (Å²) in [5.41, 5.74) is 3.20. The van der Waals surface area contributed by atoms with Gasteiger partial charge < -0.3 is 10.1 Å². The highest BCUT2D eigenvalue weighted by molar-refractivity contribution is 5.80. The molecule has 4 heteroatoms. The van der Waals surface area contributed by atoms with Gasteiger partial charge in [0.15, 0.2) is 6.10 Å². The molecule has 1 atom stereocenters. The molecule has 0 unspecified atom stereocenters. The Kier molecular flexibility index (Phi) is 4.93. The minimum absolute atomic E-state index is 0.141. The van der Waals surface area contributed by atoms with Crippen molar-refractivity contribution in [1.29, 1.82) is 0 Å². The zero-order valence-corrected chi connectivity index (χ0v) is 12.6. The number of aryl methyl sites for hydroxylation is 2. The zero-order chi connectivity index (χ0) is 15.2. The average Bonchev–Trinajstić information content (AvgIpc) is 2.44. The van der Waals surface area contributed by atoms with Crippen LogP contribution in [0.5, 0.6) is 5.75 Å². The van der Waals surface area contributed by atoms with Gasteiger partial charge in [0.05, 0.1) is 0 Å². The second-order valence-corrected chi connectivity index (χ2v) is 5.16. The summed E-state index contributed by atoms with van der Waals surface area (Å²) in [5, 5.41) is 2.84. The van der Waals surface area contributed by atoms with Crippen LogP contribution in [0.25, 0.3) is 0 Å². The molecular weight excluding hydrogens is 264 g/mol. The zero-order valence-electron chi connectivity index (χ0n) is 12.6. The number of hydrogen-bond acceptors (Lipinski definition) is 3. The lowest BCUT2D eigenvalue weighted by molar-refractivity contribution is -0.127. The van der Waals surface area contributed by atoms with Crippen LogP contribution in [-0.4, -0.2) is 17.0 Å². The van der Waals surface area contributed by atoms with Gasteiger partial charge in [-0.25, -0.2) is 0 Å². The van der Waals surface area contributed by atoms with E-state index in [0.29, 0.717) is 6.54 Å². The van der Waals surface area contributed by atoms with E-state index < -0.39 is 6.10 Å². The van der Waals surface area contributed by atoms with Crippen molar-refractivity contribution in [2.24, 2.45) is 0 Å². The Labute approximate surface area is 125 Å². The number of pyridine rings is 1. The largest absolute Gasteiger partial charge is 0.481 e. The minimum atomic E-state index is -0.539. The van der Waals surface area contributed by atoms with Crippen LogP contribution in [0, 0.1) is 13.8 Å². The first kappa shape index (κ1) is 15.0. The Bertz CT molecular complexity index is 591. The highest BCUT2D eigenvalue weighted by Gasteiger charge is 2.14. The van der Waals surface area contributed by atoms with Crippen molar-refractivity contribution in [2.75, 3.05) is 0 Å². The molecule has 0 saturated carbocycles. The lowest BCUT2D eigenvalue weighted by Crippen LogP contribution is -2.35. The first-order chi connectivity index (χ1) is 10.0. The predicted molar refractivity (Wildman–Crippen MR) is 82.1 cm³/mol. The molecule has 0 fully saturated rings. The highest BCUT2D eigenvalue weighted by Crippen LogP contribution is 2.17. The number of amides is 1. The fraction of sp³-hybridized carbons (Fsp3) is 0.294. The summed E-state index contributed by atoms with van der Waals surface area (Å²) in [6.07, 6.45) is 2.90. The number of benzene rings is 1. The summed E-state index contributed by atoms with van der Waals surface area (Å²) in [6.45, 7) is 6.21. The molecule has 0 radical (unpaired) electrons. The third-order valence-electron chi connectivity index (χ3n) is 3.07. The van der Waals surface area contributed by atoms with Gasteiger partial charge in [-0.2, -0.15) is 0 Å². The minimum Gasteiger partial charge on any atom is -0.481 e. The standard InChI is InChI=1S/C17H20N2O2/c1-12-7-13(2)9-16(8-12)21-14(3)17(20)19-11-15-5-4-6-18-10-15/h4-10,14H,11H2,1-3H3,(H,19,20)/t14-/m0/s1. The van der Waals surface area contributed by atoms with Crippen molar-refractivity contribution in [3.8, 4) is 5.75 Å². The van der Waals surface area contributed by atoms with Gasteiger partial charge in [0, 0.05) is 18.9 Å². The quantitative estimate of drug-likeness (QED) is 0.918. The van der Waals surface area contributed by atoms with Gasteiger partial charge in [-0.1, -0.05) is 12.1 Å². The summed E-state index contributed by atoms with van der Waals surface area (Å²) in [5.74, 6) is 0.578. The molecule has 1 aromatic carbocycles. The molecule has 110 valence electrons. The molecule has 4 nitrogen and oxygen atoms in total. The normalized spacial score (nSPS) is 11.8. The van der Waals surface area contributed by atoms with Gasteiger partial charge in [0.25, 0.3) is 5.91 Å². The van der Waals surface area contributed by atoms with E-state index in [4.69, 9.17) is 4.74 Å². The van der Waals surface area contributed by atoms with Gasteiger partial charge in [0.2, 0.25) is 0 Å². The van der Waals surface area contributed by atoms with Crippen LogP contribution in [0.1, 0.15) is 23.6 Å². The van der Waals surface area contributed by atoms with Gasteiger partial charge in [0.1, 0.15) is 5.75 Å². The Morgan fingerprint density at radius 1 is 1.29 bits per heavy atom. The van der Waals surface area contributed by atoms with E-state index in [1.807, 2.05) is 38.1 Å². The van der Waals surface area contributed by atoms with E-state index in [9.17, 15) is 4.79 Å². The van der Waals surface area contributed by atoms with E-state index in [2.05, 4.69) is 16.4 Å². The SMILES string of the molecule is Cc1cc(C)cc(O[C@@H](C)C(=O)NCc2cccnc2)c1. The van der Waals surface area contributed by atoms with Crippen molar-refractivity contribution < 1.29 is 9.53 Å². The van der Waals surface area contributed by atoms with E-state index in [-0.39, 0.29) is 5.91 Å². The third kappa shape index (κ3) is 4.60. The smallest absolute Gasteiger partial charge is 0.261 e. The number of nitrogens with zero attached hydrogens (tertiary/aromatic N) is 1. The molecule has 0 bridgehead atoms. The van der Waals surface area contributed by atoms with Crippen LogP contribution < -0.4 is 10.1 Å². The van der Waals surface area contributed by atoms with Gasteiger partial charge >= 0.3 is 0 Å². The van der Waals surface area contributed by atoms with Crippen LogP contribution in [0.15, 0.2) is 42.7 Å². The summed E-state index contributed by atoms with van der Waals surface area (Å²) in [4.78, 5) is 16.0. The van der Waals surface area contributed by atoms with Crippen LogP contribution in [0.2, 0.25) is 0 Å². The number of hydrogen-bond donors (Lipinski definition) is 1. The number of nitrogens with one attached hydrogen (secondary N) is 1. The summed E-state index contributed by atoms with van der Waals surface area (Å²) in [6, 6.07) is 9.69. The summed E-state index contributed by atoms with van der Waals surface area (Å²) < 4.78 is 5.70. The monoisotopic (exact) mass is 284 g/mol. The molecule has 0 spiro atoms. The number of aromatic nitrogens is 1. The van der Waals surface area contributed by atoms with Crippen LogP contribution in [0.4, 0.5) is 0 Å². The average molecular weight is 284 g/mol. The fourth-order valence-electron chi connectivity index (χ4n) is 2.09. The number of carbonyl (C=O) groups excluding carboxylic acids is 1. The summed E-state index contributed by atoms with van der Waals surface area (Å²) >= 11 is 0. The Morgan fingerprint density at radius 2 is 2.00 bits per heavy atom. The van der Waals surface area contributed by atoms with E-state index in [1.165, 1.54) is 0 Å². The molecule has 21 heavy (non-hydrogen) atoms. The van der Waals surface area contributed by atoms with Gasteiger partial charge in [-0.3, -0.25) is 9.78 Å². The van der Waals surface area contributed by atoms with Gasteiger partial charge in [-0.15, -0.1) is 0 Å². The van der Waals surface area contributed by atoms with Crippen molar-refractivity contribution in [1.82, 2.24) is 10.3 Å². The number of carbonyl (C=O) groups is 1. The molecule has 2 aromatic rings. The highest BCUT2D eigenvalue weighted by atomic mass is 16.5. The molecule has 0 saturated heterocycles. The lowest BCUT2D eigenvalue weighted by Gasteiger charge is -2.15. The molecular formula is C17H20N2O2. The molecule has 1 amide bonds. The van der Waals surface area contributed by atoms with E-state index in [0.717, 1.165) is 22.4 Å². The second-order valence-electron chi connectivity index (χ2n) is 5.16. The van der Waals surface area contributed by atoms with Crippen LogP contribution in [-0.2, 0) is 11.3 Å². The third-order valence-corrected chi connectivity index (χ3v) is 3.07. The predicted octanol–water partition coefficient (Wildman–Crippen LogP) is 2.78. The maximum Gasteiger partial charge on any atom is 0.261 e. The van der Waals surface area contributed by atoms with Crippen molar-refractivity contribution in [3.05, 3.63) is 59.4 Å². The molecule has 0 aliphatic heterocycles. The lowest BCUT2D eigenvalue weighted by atomic mass is 10.1. The van der Waals surface area contributed by atoms with Crippen LogP contribution in [0.3, 0.4) is 0 Å². The van der Waals surface area contributed by atoms with E-state index in [1.54, 1.807) is 19.3 Å². The Balaban J connectivity index is 1.90. The second kappa shape index (κ2) is 6.88. The fourth-order valence-corrected chi connectivity index (χ4v) is 2.09. The van der Waals surface area contributed by atoms with Crippen molar-refractivity contribution in [3.63, 3.8) is 0 Å². The van der Waals surface area contributed by atoms with Crippen molar-refractivity contribution in [2.45, 2.75) is 33.4 Å². The first-order valence-electron chi connectivity index (χ1n) is 6.96. The van der Waals surface area contributed by atoms with Crippen LogP contribution >= 0.6 is 0 Å². The Morgan fingerprint density at radius 3 is 2.62 bits per heavy atom. The number of rotatable bonds is 5. The topological polar surface area (TPSA) is 51.2 Å². The molecule has 1 heterocycles. The first-order valence-corrected chi connectivity index (χ1v) is 6.96. The van der Waals surface area contributed by atoms with Gasteiger partial charge in [-0.05, 0) is 55.7 Å². The van der Waals surface area contributed by atoms with Crippen molar-refractivity contribution >= 4 is 5.91 Å². The number of ether oxygens (including phenoxy) is 1. The molecule has 1 N–H and O–H groups in total. The van der Waals surface area contributed by atoms with E-state index >= 15 is 0 Å². The maximum atomic E-state index is 12.0. The maximum absolute atomic E-state index is 12.0. The summed E-state index contributed by atoms with van der Waals surface area (Å²) in [7, 11) is 0. The Hall–Kier alpha value is -2.36. The molecule has 2 rings (SSSR count). The molecule has 0 aliphatic rings.